The van der Waals surface area contributed by atoms with Crippen LogP contribution in [0.15, 0.2) is 6.07 Å². The van der Waals surface area contributed by atoms with Gasteiger partial charge in [-0.25, -0.2) is 0 Å². The monoisotopic (exact) mass is 167 g/mol. The zero-order chi connectivity index (χ0) is 8.77. The summed E-state index contributed by atoms with van der Waals surface area (Å²) in [6.45, 7) is 1.94. The number of aliphatic hydroxyl groups excluding tert-OH is 1. The van der Waals surface area contributed by atoms with Crippen LogP contribution in [0.4, 0.5) is 0 Å². The predicted molar refractivity (Wildman–Crippen MR) is 44.4 cm³/mol. The van der Waals surface area contributed by atoms with Gasteiger partial charge in [0.25, 0.3) is 0 Å². The van der Waals surface area contributed by atoms with Gasteiger partial charge in [0.2, 0.25) is 0 Å². The number of nitrogens with two attached hydrogens (primary N) is 1. The maximum atomic E-state index is 9.13. The normalized spacial score (nSPS) is 34.8. The minimum atomic E-state index is -0.385. The number of H-pyrrole nitrogens is 1. The molecule has 0 atom stereocenters. The molecule has 2 rings (SSSR count). The van der Waals surface area contributed by atoms with Crippen LogP contribution in [0.1, 0.15) is 24.2 Å². The Morgan fingerprint density at radius 2 is 2.42 bits per heavy atom. The second-order valence-electron chi connectivity index (χ2n) is 3.65. The smallest absolute Gasteiger partial charge is 0.0825 e. The first kappa shape index (κ1) is 7.76. The van der Waals surface area contributed by atoms with E-state index >= 15 is 0 Å². The summed E-state index contributed by atoms with van der Waals surface area (Å²) in [5.74, 6) is 0. The van der Waals surface area contributed by atoms with Gasteiger partial charge in [-0.3, -0.25) is 5.10 Å². The highest BCUT2D eigenvalue weighted by Crippen LogP contribution is 2.37. The molecule has 0 aromatic carbocycles. The molecule has 1 saturated carbocycles. The maximum absolute atomic E-state index is 9.13. The highest BCUT2D eigenvalue weighted by molar-refractivity contribution is 5.21. The van der Waals surface area contributed by atoms with Crippen LogP contribution in [0.3, 0.4) is 0 Å². The molecule has 0 radical (unpaired) electrons. The predicted octanol–water partition coefficient (Wildman–Crippen LogP) is 0.0268. The van der Waals surface area contributed by atoms with E-state index < -0.39 is 0 Å². The highest BCUT2D eigenvalue weighted by Gasteiger charge is 2.43. The minimum Gasteiger partial charge on any atom is -0.393 e. The molecule has 66 valence electrons. The molecule has 0 saturated heterocycles. The van der Waals surface area contributed by atoms with Crippen LogP contribution < -0.4 is 5.73 Å². The number of aliphatic hydroxyl groups is 1. The first-order valence-electron chi connectivity index (χ1n) is 4.10. The van der Waals surface area contributed by atoms with Gasteiger partial charge in [0.05, 0.1) is 17.3 Å². The highest BCUT2D eigenvalue weighted by atomic mass is 16.3. The van der Waals surface area contributed by atoms with Gasteiger partial charge in [0.15, 0.2) is 0 Å². The molecular formula is C8H13N3O. The van der Waals surface area contributed by atoms with E-state index in [1.165, 1.54) is 0 Å². The van der Waals surface area contributed by atoms with Crippen LogP contribution in [0.2, 0.25) is 0 Å². The fourth-order valence-electron chi connectivity index (χ4n) is 1.66. The van der Waals surface area contributed by atoms with E-state index in [2.05, 4.69) is 10.2 Å². The van der Waals surface area contributed by atoms with E-state index in [-0.39, 0.29) is 11.6 Å². The van der Waals surface area contributed by atoms with Gasteiger partial charge >= 0.3 is 0 Å². The molecule has 12 heavy (non-hydrogen) atoms. The number of hydrogen-bond donors (Lipinski definition) is 3. The Kier molecular flexibility index (Phi) is 1.49. The van der Waals surface area contributed by atoms with Crippen molar-refractivity contribution >= 4 is 0 Å². The van der Waals surface area contributed by atoms with Gasteiger partial charge in [-0.2, -0.15) is 5.10 Å². The Labute approximate surface area is 70.8 Å². The molecule has 4 nitrogen and oxygen atoms in total. The van der Waals surface area contributed by atoms with Crippen molar-refractivity contribution in [1.29, 1.82) is 0 Å². The van der Waals surface area contributed by atoms with E-state index in [9.17, 15) is 0 Å². The molecule has 1 aliphatic carbocycles. The molecule has 0 bridgehead atoms. The molecule has 1 aliphatic rings. The minimum absolute atomic E-state index is 0.244. The van der Waals surface area contributed by atoms with Crippen molar-refractivity contribution < 1.29 is 5.11 Å². The lowest BCUT2D eigenvalue weighted by molar-refractivity contribution is 0.0188. The summed E-state index contributed by atoms with van der Waals surface area (Å²) >= 11 is 0. The second kappa shape index (κ2) is 2.31. The van der Waals surface area contributed by atoms with Crippen LogP contribution >= 0.6 is 0 Å². The molecule has 0 amide bonds. The molecule has 4 heteroatoms. The van der Waals surface area contributed by atoms with Gasteiger partial charge in [-0.05, 0) is 25.8 Å². The number of hydrogen-bond acceptors (Lipinski definition) is 3. The lowest BCUT2D eigenvalue weighted by Crippen LogP contribution is -2.51. The van der Waals surface area contributed by atoms with Crippen molar-refractivity contribution in [3.05, 3.63) is 17.5 Å². The number of aromatic amines is 1. The summed E-state index contributed by atoms with van der Waals surface area (Å²) in [7, 11) is 0. The van der Waals surface area contributed by atoms with Crippen molar-refractivity contribution in [3.8, 4) is 0 Å². The van der Waals surface area contributed by atoms with Crippen LogP contribution in [-0.2, 0) is 5.54 Å². The molecule has 1 heterocycles. The second-order valence-corrected chi connectivity index (χ2v) is 3.65. The van der Waals surface area contributed by atoms with Crippen LogP contribution in [0.5, 0.6) is 0 Å². The average Bonchev–Trinajstić information content (AvgIpc) is 2.33. The van der Waals surface area contributed by atoms with Crippen molar-refractivity contribution in [2.45, 2.75) is 31.4 Å². The van der Waals surface area contributed by atoms with Gasteiger partial charge < -0.3 is 10.8 Å². The zero-order valence-electron chi connectivity index (χ0n) is 7.04. The lowest BCUT2D eigenvalue weighted by Gasteiger charge is -2.40. The maximum Gasteiger partial charge on any atom is 0.0825 e. The summed E-state index contributed by atoms with van der Waals surface area (Å²) in [5.41, 5.74) is 7.48. The zero-order valence-corrected chi connectivity index (χ0v) is 7.04. The third kappa shape index (κ3) is 1.04. The number of aryl methyl sites for hydroxylation is 1. The van der Waals surface area contributed by atoms with Gasteiger partial charge in [0, 0.05) is 5.69 Å². The van der Waals surface area contributed by atoms with Crippen molar-refractivity contribution in [1.82, 2.24) is 10.2 Å². The molecule has 4 N–H and O–H groups in total. The van der Waals surface area contributed by atoms with Crippen LogP contribution in [-0.4, -0.2) is 21.4 Å². The topological polar surface area (TPSA) is 74.9 Å². The number of rotatable bonds is 1. The summed E-state index contributed by atoms with van der Waals surface area (Å²) in [5, 5.41) is 16.1. The van der Waals surface area contributed by atoms with E-state index in [0.717, 1.165) is 11.4 Å². The Morgan fingerprint density at radius 1 is 1.75 bits per heavy atom. The van der Waals surface area contributed by atoms with Gasteiger partial charge in [0.1, 0.15) is 0 Å². The number of aromatic nitrogens is 2. The molecule has 0 unspecified atom stereocenters. The molecule has 0 spiro atoms. The summed E-state index contributed by atoms with van der Waals surface area (Å²) < 4.78 is 0. The third-order valence-corrected chi connectivity index (χ3v) is 2.42. The van der Waals surface area contributed by atoms with Crippen molar-refractivity contribution in [3.63, 3.8) is 0 Å². The molecule has 1 aromatic heterocycles. The van der Waals surface area contributed by atoms with E-state index in [1.807, 2.05) is 13.0 Å². The quantitative estimate of drug-likeness (QED) is 0.552. The Hall–Kier alpha value is -0.870. The first-order valence-corrected chi connectivity index (χ1v) is 4.10. The molecule has 1 fully saturated rings. The summed E-state index contributed by atoms with van der Waals surface area (Å²) in [6.07, 6.45) is 1.00. The summed E-state index contributed by atoms with van der Waals surface area (Å²) in [6, 6.07) is 1.94. The summed E-state index contributed by atoms with van der Waals surface area (Å²) in [4.78, 5) is 0. The van der Waals surface area contributed by atoms with Gasteiger partial charge in [-0.15, -0.1) is 0 Å². The number of nitrogens with one attached hydrogen (secondary N) is 1. The van der Waals surface area contributed by atoms with Crippen molar-refractivity contribution in [2.75, 3.05) is 0 Å². The SMILES string of the molecule is Cc1cc(C2(N)CC(O)C2)n[nH]1. The van der Waals surface area contributed by atoms with Crippen LogP contribution in [0, 0.1) is 6.92 Å². The fourth-order valence-corrected chi connectivity index (χ4v) is 1.66. The van der Waals surface area contributed by atoms with Gasteiger partial charge in [-0.1, -0.05) is 0 Å². The Morgan fingerprint density at radius 3 is 2.83 bits per heavy atom. The van der Waals surface area contributed by atoms with Crippen LogP contribution in [0.25, 0.3) is 0 Å². The molecule has 1 aromatic rings. The number of nitrogens with zero attached hydrogens (tertiary/aromatic N) is 1. The first-order chi connectivity index (χ1) is 5.60. The largest absolute Gasteiger partial charge is 0.393 e. The average molecular weight is 167 g/mol. The third-order valence-electron chi connectivity index (χ3n) is 2.42. The lowest BCUT2D eigenvalue weighted by atomic mass is 9.73. The van der Waals surface area contributed by atoms with E-state index in [4.69, 9.17) is 10.8 Å². The van der Waals surface area contributed by atoms with Crippen molar-refractivity contribution in [2.24, 2.45) is 5.73 Å². The Bertz CT molecular complexity index is 288. The standard InChI is InChI=1S/C8H13N3O/c1-5-2-7(11-10-5)8(9)3-6(12)4-8/h2,6,12H,3-4,9H2,1H3,(H,10,11). The molecular weight excluding hydrogens is 154 g/mol. The Balaban J connectivity index is 2.20. The fraction of sp³-hybridized carbons (Fsp3) is 0.625. The van der Waals surface area contributed by atoms with E-state index in [1.54, 1.807) is 0 Å². The molecule has 0 aliphatic heterocycles. The van der Waals surface area contributed by atoms with E-state index in [0.29, 0.717) is 12.8 Å².